The molecular weight excluding hydrogens is 236 g/mol. The molecule has 1 N–H and O–H groups in total. The summed E-state index contributed by atoms with van der Waals surface area (Å²) in [7, 11) is 4.30. The van der Waals surface area contributed by atoms with Crippen LogP contribution in [0.25, 0.3) is 0 Å². The maximum atomic E-state index is 9.42. The SMILES string of the molecule is CN(C)CC1CCN(CC(C)(C#N)NC2CC2)CC1. The predicted octanol–water partition coefficient (Wildman–Crippen LogP) is 1.29. The highest BCUT2D eigenvalue weighted by molar-refractivity contribution is 5.09. The lowest BCUT2D eigenvalue weighted by molar-refractivity contribution is 0.140. The summed E-state index contributed by atoms with van der Waals surface area (Å²) >= 11 is 0. The number of hydrogen-bond acceptors (Lipinski definition) is 4. The van der Waals surface area contributed by atoms with Crippen molar-refractivity contribution in [1.29, 1.82) is 5.26 Å². The van der Waals surface area contributed by atoms with Gasteiger partial charge in [-0.2, -0.15) is 5.26 Å². The van der Waals surface area contributed by atoms with E-state index in [-0.39, 0.29) is 5.54 Å². The first-order chi connectivity index (χ1) is 9.00. The Kier molecular flexibility index (Phi) is 4.83. The van der Waals surface area contributed by atoms with Gasteiger partial charge in [-0.3, -0.25) is 5.32 Å². The quantitative estimate of drug-likeness (QED) is 0.785. The van der Waals surface area contributed by atoms with Crippen LogP contribution in [0, 0.1) is 17.2 Å². The molecule has 0 aromatic rings. The molecule has 0 radical (unpaired) electrons. The van der Waals surface area contributed by atoms with Gasteiger partial charge in [-0.05, 0) is 65.7 Å². The Morgan fingerprint density at radius 2 is 1.89 bits per heavy atom. The zero-order chi connectivity index (χ0) is 13.9. The van der Waals surface area contributed by atoms with Crippen molar-refractivity contribution in [2.24, 2.45) is 5.92 Å². The molecule has 1 unspecified atom stereocenters. The van der Waals surface area contributed by atoms with Gasteiger partial charge in [-0.1, -0.05) is 0 Å². The van der Waals surface area contributed by atoms with Crippen molar-refractivity contribution in [2.45, 2.75) is 44.2 Å². The highest BCUT2D eigenvalue weighted by Gasteiger charge is 2.34. The van der Waals surface area contributed by atoms with Crippen molar-refractivity contribution >= 4 is 0 Å². The van der Waals surface area contributed by atoms with E-state index in [4.69, 9.17) is 0 Å². The van der Waals surface area contributed by atoms with Gasteiger partial charge in [0, 0.05) is 19.1 Å². The van der Waals surface area contributed by atoms with Gasteiger partial charge in [-0.15, -0.1) is 0 Å². The van der Waals surface area contributed by atoms with Gasteiger partial charge < -0.3 is 9.80 Å². The third-order valence-corrected chi connectivity index (χ3v) is 4.22. The van der Waals surface area contributed by atoms with Crippen LogP contribution in [0.1, 0.15) is 32.6 Å². The van der Waals surface area contributed by atoms with Crippen LogP contribution in [0.3, 0.4) is 0 Å². The molecule has 4 nitrogen and oxygen atoms in total. The average Bonchev–Trinajstić information content (AvgIpc) is 3.15. The molecule has 0 amide bonds. The van der Waals surface area contributed by atoms with Gasteiger partial charge in [0.15, 0.2) is 0 Å². The molecule has 0 aromatic heterocycles. The Labute approximate surface area is 117 Å². The number of nitrogens with one attached hydrogen (secondary N) is 1. The van der Waals surface area contributed by atoms with Crippen molar-refractivity contribution < 1.29 is 0 Å². The molecule has 1 atom stereocenters. The first kappa shape index (κ1) is 14.8. The number of likely N-dealkylation sites (tertiary alicyclic amines) is 1. The third kappa shape index (κ3) is 4.76. The summed E-state index contributed by atoms with van der Waals surface area (Å²) in [6.45, 7) is 6.40. The molecule has 108 valence electrons. The summed E-state index contributed by atoms with van der Waals surface area (Å²) in [5.41, 5.74) is -0.366. The van der Waals surface area contributed by atoms with E-state index >= 15 is 0 Å². The van der Waals surface area contributed by atoms with Gasteiger partial charge in [0.2, 0.25) is 0 Å². The van der Waals surface area contributed by atoms with Gasteiger partial charge in [0.25, 0.3) is 0 Å². The van der Waals surface area contributed by atoms with E-state index in [1.165, 1.54) is 32.2 Å². The standard InChI is InChI=1S/C15H28N4/c1-15(11-16,17-14-4-5-14)12-19-8-6-13(7-9-19)10-18(2)3/h13-14,17H,4-10,12H2,1-3H3. The van der Waals surface area contributed by atoms with E-state index in [9.17, 15) is 5.26 Å². The van der Waals surface area contributed by atoms with Crippen molar-refractivity contribution in [3.8, 4) is 6.07 Å². The molecule has 1 saturated carbocycles. The highest BCUT2D eigenvalue weighted by Crippen LogP contribution is 2.24. The van der Waals surface area contributed by atoms with Crippen LogP contribution in [-0.2, 0) is 0 Å². The molecule has 19 heavy (non-hydrogen) atoms. The number of nitrogens with zero attached hydrogens (tertiary/aromatic N) is 3. The van der Waals surface area contributed by atoms with Gasteiger partial charge in [-0.25, -0.2) is 0 Å². The lowest BCUT2D eigenvalue weighted by Gasteiger charge is -2.37. The number of nitriles is 1. The fourth-order valence-electron chi connectivity index (χ4n) is 3.08. The van der Waals surface area contributed by atoms with Crippen molar-refractivity contribution in [3.63, 3.8) is 0 Å². The Morgan fingerprint density at radius 1 is 1.26 bits per heavy atom. The van der Waals surface area contributed by atoms with E-state index in [1.807, 2.05) is 0 Å². The molecule has 4 heteroatoms. The van der Waals surface area contributed by atoms with E-state index in [0.29, 0.717) is 6.04 Å². The van der Waals surface area contributed by atoms with Crippen LogP contribution in [0.2, 0.25) is 0 Å². The summed E-state index contributed by atoms with van der Waals surface area (Å²) < 4.78 is 0. The fourth-order valence-corrected chi connectivity index (χ4v) is 3.08. The lowest BCUT2D eigenvalue weighted by atomic mass is 9.94. The number of hydrogen-bond donors (Lipinski definition) is 1. The van der Waals surface area contributed by atoms with Crippen LogP contribution < -0.4 is 5.32 Å². The van der Waals surface area contributed by atoms with Crippen LogP contribution in [0.5, 0.6) is 0 Å². The van der Waals surface area contributed by atoms with Crippen molar-refractivity contribution in [2.75, 3.05) is 40.3 Å². The number of rotatable bonds is 6. The predicted molar refractivity (Wildman–Crippen MR) is 77.9 cm³/mol. The minimum Gasteiger partial charge on any atom is -0.309 e. The van der Waals surface area contributed by atoms with Gasteiger partial charge >= 0.3 is 0 Å². The third-order valence-electron chi connectivity index (χ3n) is 4.22. The Morgan fingerprint density at radius 3 is 2.37 bits per heavy atom. The van der Waals surface area contributed by atoms with Gasteiger partial charge in [0.05, 0.1) is 6.07 Å². The van der Waals surface area contributed by atoms with E-state index in [2.05, 4.69) is 42.2 Å². The fraction of sp³-hybridized carbons (Fsp3) is 0.933. The molecule has 2 fully saturated rings. The topological polar surface area (TPSA) is 42.3 Å². The highest BCUT2D eigenvalue weighted by atomic mass is 15.2. The molecular formula is C15H28N4. The second-order valence-electron chi connectivity index (χ2n) is 6.84. The van der Waals surface area contributed by atoms with Gasteiger partial charge in [0.1, 0.15) is 5.54 Å². The molecule has 1 saturated heterocycles. The first-order valence-corrected chi connectivity index (χ1v) is 7.57. The first-order valence-electron chi connectivity index (χ1n) is 7.57. The molecule has 2 aliphatic rings. The Balaban J connectivity index is 1.76. The smallest absolute Gasteiger partial charge is 0.116 e. The van der Waals surface area contributed by atoms with Crippen LogP contribution in [0.4, 0.5) is 0 Å². The van der Waals surface area contributed by atoms with Crippen LogP contribution in [-0.4, -0.2) is 61.7 Å². The zero-order valence-corrected chi connectivity index (χ0v) is 12.7. The Bertz CT molecular complexity index is 324. The summed E-state index contributed by atoms with van der Waals surface area (Å²) in [6.07, 6.45) is 5.01. The van der Waals surface area contributed by atoms with Crippen molar-refractivity contribution in [3.05, 3.63) is 0 Å². The van der Waals surface area contributed by atoms with E-state index in [0.717, 1.165) is 25.6 Å². The normalized spacial score (nSPS) is 25.2. The summed E-state index contributed by atoms with van der Waals surface area (Å²) in [5, 5.41) is 12.9. The zero-order valence-electron chi connectivity index (χ0n) is 12.7. The van der Waals surface area contributed by atoms with Crippen LogP contribution >= 0.6 is 0 Å². The molecule has 1 aliphatic carbocycles. The molecule has 0 spiro atoms. The molecule has 1 aliphatic heterocycles. The molecule has 0 bridgehead atoms. The van der Waals surface area contributed by atoms with Crippen LogP contribution in [0.15, 0.2) is 0 Å². The summed E-state index contributed by atoms with van der Waals surface area (Å²) in [6, 6.07) is 3.07. The second-order valence-corrected chi connectivity index (χ2v) is 6.84. The second kappa shape index (κ2) is 6.21. The maximum absolute atomic E-state index is 9.42. The monoisotopic (exact) mass is 264 g/mol. The van der Waals surface area contributed by atoms with E-state index < -0.39 is 0 Å². The maximum Gasteiger partial charge on any atom is 0.116 e. The van der Waals surface area contributed by atoms with Crippen molar-refractivity contribution in [1.82, 2.24) is 15.1 Å². The summed E-state index contributed by atoms with van der Waals surface area (Å²) in [4.78, 5) is 4.75. The largest absolute Gasteiger partial charge is 0.309 e. The molecule has 0 aromatic carbocycles. The summed E-state index contributed by atoms with van der Waals surface area (Å²) in [5.74, 6) is 0.830. The minimum absolute atomic E-state index is 0.366. The Hall–Kier alpha value is -0.630. The number of piperidine rings is 1. The van der Waals surface area contributed by atoms with E-state index in [1.54, 1.807) is 0 Å². The minimum atomic E-state index is -0.366. The molecule has 1 heterocycles. The lowest BCUT2D eigenvalue weighted by Crippen LogP contribution is -2.53. The molecule has 2 rings (SSSR count). The average molecular weight is 264 g/mol.